The maximum Gasteiger partial charge on any atom is 0.110 e. The molecule has 2 unspecified atom stereocenters. The lowest BCUT2D eigenvalue weighted by atomic mass is 10.00. The Morgan fingerprint density at radius 3 is 2.94 bits per heavy atom. The van der Waals surface area contributed by atoms with Gasteiger partial charge in [-0.15, -0.1) is 0 Å². The molecule has 1 aliphatic rings. The number of hydrogen-bond acceptors (Lipinski definition) is 1. The summed E-state index contributed by atoms with van der Waals surface area (Å²) < 4.78 is 8.65. The van der Waals surface area contributed by atoms with E-state index in [9.17, 15) is 0 Å². The Kier molecular flexibility index (Phi) is 3.88. The van der Waals surface area contributed by atoms with Gasteiger partial charge in [0.2, 0.25) is 0 Å². The molecule has 2 atom stereocenters. The summed E-state index contributed by atoms with van der Waals surface area (Å²) in [5.41, 5.74) is 3.64. The number of ether oxygens (including phenoxy) is 1. The van der Waals surface area contributed by atoms with Gasteiger partial charge in [-0.3, -0.25) is 0 Å². The SMILES string of the molecule is CCCC1OC1c1ccc(C)cc1C#CI. The molecule has 16 heavy (non-hydrogen) atoms. The zero-order valence-electron chi connectivity index (χ0n) is 9.59. The normalized spacial score (nSPS) is 22.4. The Morgan fingerprint density at radius 1 is 1.44 bits per heavy atom. The molecule has 0 aliphatic carbocycles. The molecule has 0 spiro atoms. The van der Waals surface area contributed by atoms with Gasteiger partial charge < -0.3 is 4.74 Å². The quantitative estimate of drug-likeness (QED) is 0.465. The van der Waals surface area contributed by atoms with E-state index in [2.05, 4.69) is 64.5 Å². The second-order valence-electron chi connectivity index (χ2n) is 4.19. The Labute approximate surface area is 111 Å². The summed E-state index contributed by atoms with van der Waals surface area (Å²) in [5, 5.41) is 0. The van der Waals surface area contributed by atoms with E-state index >= 15 is 0 Å². The van der Waals surface area contributed by atoms with Crippen LogP contribution in [0.15, 0.2) is 18.2 Å². The number of aryl methyl sites for hydroxylation is 1. The highest BCUT2D eigenvalue weighted by atomic mass is 127. The van der Waals surface area contributed by atoms with Crippen molar-refractivity contribution in [1.82, 2.24) is 0 Å². The number of epoxide rings is 1. The maximum atomic E-state index is 5.70. The van der Waals surface area contributed by atoms with E-state index in [1.807, 2.05) is 0 Å². The first kappa shape index (κ1) is 11.9. The van der Waals surface area contributed by atoms with Gasteiger partial charge in [-0.2, -0.15) is 0 Å². The van der Waals surface area contributed by atoms with Crippen molar-refractivity contribution >= 4 is 22.6 Å². The van der Waals surface area contributed by atoms with Crippen LogP contribution in [0, 0.1) is 16.8 Å². The standard InChI is InChI=1S/C14H15IO/c1-3-4-13-14(16-13)12-6-5-10(2)9-11(12)7-8-15/h5-6,9,13-14H,3-4H2,1-2H3. The molecule has 1 aliphatic heterocycles. The maximum absolute atomic E-state index is 5.70. The van der Waals surface area contributed by atoms with Gasteiger partial charge in [0.15, 0.2) is 0 Å². The Hall–Kier alpha value is -0.530. The Balaban J connectivity index is 2.23. The van der Waals surface area contributed by atoms with Gasteiger partial charge in [0.1, 0.15) is 6.10 Å². The lowest BCUT2D eigenvalue weighted by Crippen LogP contribution is -1.93. The highest BCUT2D eigenvalue weighted by Crippen LogP contribution is 2.42. The Bertz CT molecular complexity index is 442. The minimum absolute atomic E-state index is 0.285. The fraction of sp³-hybridized carbons (Fsp3) is 0.429. The molecular formula is C14H15IO. The average Bonchev–Trinajstić information content (AvgIpc) is 2.98. The van der Waals surface area contributed by atoms with Crippen molar-refractivity contribution in [3.63, 3.8) is 0 Å². The third-order valence-electron chi connectivity index (χ3n) is 2.85. The van der Waals surface area contributed by atoms with Crippen molar-refractivity contribution < 1.29 is 4.74 Å². The molecule has 0 N–H and O–H groups in total. The Morgan fingerprint density at radius 2 is 2.25 bits per heavy atom. The summed E-state index contributed by atoms with van der Waals surface area (Å²) >= 11 is 2.08. The summed E-state index contributed by atoms with van der Waals surface area (Å²) in [4.78, 5) is 0. The van der Waals surface area contributed by atoms with Crippen molar-refractivity contribution in [1.29, 1.82) is 0 Å². The summed E-state index contributed by atoms with van der Waals surface area (Å²) in [6, 6.07) is 6.44. The number of rotatable bonds is 3. The molecule has 2 heteroatoms. The first-order chi connectivity index (χ1) is 7.76. The van der Waals surface area contributed by atoms with Crippen LogP contribution in [0.5, 0.6) is 0 Å². The summed E-state index contributed by atoms with van der Waals surface area (Å²) in [5.74, 6) is 3.16. The van der Waals surface area contributed by atoms with Crippen LogP contribution >= 0.6 is 22.6 Å². The van der Waals surface area contributed by atoms with Crippen molar-refractivity contribution in [3.05, 3.63) is 34.9 Å². The van der Waals surface area contributed by atoms with Crippen molar-refractivity contribution in [3.8, 4) is 9.85 Å². The fourth-order valence-electron chi connectivity index (χ4n) is 2.00. The van der Waals surface area contributed by atoms with Crippen LogP contribution < -0.4 is 0 Å². The summed E-state index contributed by atoms with van der Waals surface area (Å²) in [7, 11) is 0. The van der Waals surface area contributed by atoms with E-state index in [0.717, 1.165) is 12.0 Å². The van der Waals surface area contributed by atoms with E-state index in [4.69, 9.17) is 4.74 Å². The van der Waals surface area contributed by atoms with Gasteiger partial charge in [-0.25, -0.2) is 0 Å². The molecule has 1 heterocycles. The number of hydrogen-bond donors (Lipinski definition) is 0. The van der Waals surface area contributed by atoms with Crippen molar-refractivity contribution in [2.75, 3.05) is 0 Å². The van der Waals surface area contributed by atoms with Crippen LogP contribution in [0.4, 0.5) is 0 Å². The predicted octanol–water partition coefficient (Wildman–Crippen LogP) is 3.98. The topological polar surface area (TPSA) is 12.5 Å². The third-order valence-corrected chi connectivity index (χ3v) is 3.12. The minimum Gasteiger partial charge on any atom is -0.364 e. The molecule has 0 amide bonds. The number of halogens is 1. The molecule has 0 bridgehead atoms. The monoisotopic (exact) mass is 326 g/mol. The molecule has 1 nitrogen and oxygen atoms in total. The first-order valence-electron chi connectivity index (χ1n) is 5.64. The van der Waals surface area contributed by atoms with Crippen LogP contribution in [-0.4, -0.2) is 6.10 Å². The van der Waals surface area contributed by atoms with E-state index in [-0.39, 0.29) is 6.10 Å². The van der Waals surface area contributed by atoms with Gasteiger partial charge in [0, 0.05) is 28.2 Å². The van der Waals surface area contributed by atoms with Crippen LogP contribution in [0.1, 0.15) is 42.6 Å². The van der Waals surface area contributed by atoms with Crippen LogP contribution in [0.25, 0.3) is 0 Å². The molecular weight excluding hydrogens is 311 g/mol. The molecule has 2 rings (SSSR count). The lowest BCUT2D eigenvalue weighted by molar-refractivity contribution is 0.364. The molecule has 0 aromatic heterocycles. The van der Waals surface area contributed by atoms with Crippen LogP contribution in [0.2, 0.25) is 0 Å². The van der Waals surface area contributed by atoms with E-state index in [1.165, 1.54) is 17.5 Å². The van der Waals surface area contributed by atoms with E-state index in [0.29, 0.717) is 6.10 Å². The largest absolute Gasteiger partial charge is 0.364 e. The second kappa shape index (κ2) is 5.20. The van der Waals surface area contributed by atoms with E-state index < -0.39 is 0 Å². The predicted molar refractivity (Wildman–Crippen MR) is 74.6 cm³/mol. The molecule has 1 aromatic rings. The molecule has 0 saturated carbocycles. The van der Waals surface area contributed by atoms with Crippen molar-refractivity contribution in [2.45, 2.75) is 38.9 Å². The third kappa shape index (κ3) is 2.58. The summed E-state index contributed by atoms with van der Waals surface area (Å²) in [6.45, 7) is 4.29. The van der Waals surface area contributed by atoms with Gasteiger partial charge in [0.05, 0.1) is 6.10 Å². The second-order valence-corrected chi connectivity index (χ2v) is 4.73. The smallest absolute Gasteiger partial charge is 0.110 e. The van der Waals surface area contributed by atoms with Crippen LogP contribution in [-0.2, 0) is 4.74 Å². The molecule has 1 fully saturated rings. The zero-order chi connectivity index (χ0) is 11.5. The summed E-state index contributed by atoms with van der Waals surface area (Å²) in [6.07, 6.45) is 3.03. The minimum atomic E-state index is 0.285. The van der Waals surface area contributed by atoms with Gasteiger partial charge >= 0.3 is 0 Å². The zero-order valence-corrected chi connectivity index (χ0v) is 11.7. The van der Waals surface area contributed by atoms with Gasteiger partial charge in [-0.1, -0.05) is 31.4 Å². The van der Waals surface area contributed by atoms with E-state index in [1.54, 1.807) is 0 Å². The van der Waals surface area contributed by atoms with Crippen LogP contribution in [0.3, 0.4) is 0 Å². The molecule has 0 radical (unpaired) electrons. The first-order valence-corrected chi connectivity index (χ1v) is 6.71. The van der Waals surface area contributed by atoms with Gasteiger partial charge in [-0.05, 0) is 34.5 Å². The number of benzene rings is 1. The highest BCUT2D eigenvalue weighted by Gasteiger charge is 2.40. The fourth-order valence-corrected chi connectivity index (χ4v) is 2.29. The molecule has 1 aromatic carbocycles. The average molecular weight is 326 g/mol. The lowest BCUT2D eigenvalue weighted by Gasteiger charge is -2.02. The van der Waals surface area contributed by atoms with Crippen molar-refractivity contribution in [2.24, 2.45) is 0 Å². The molecule has 84 valence electrons. The van der Waals surface area contributed by atoms with Gasteiger partial charge in [0.25, 0.3) is 0 Å². The highest BCUT2D eigenvalue weighted by molar-refractivity contribution is 14.1. The molecule has 1 saturated heterocycles.